The first-order chi connectivity index (χ1) is 8.51. The van der Waals surface area contributed by atoms with Crippen LogP contribution < -0.4 is 10.5 Å². The minimum absolute atomic E-state index is 0. The molecule has 0 spiro atoms. The zero-order valence-corrected chi connectivity index (χ0v) is 12.1. The minimum Gasteiger partial charge on any atom is -0.495 e. The average Bonchev–Trinajstić information content (AvgIpc) is 2.38. The highest BCUT2D eigenvalue weighted by molar-refractivity contribution is 6.32. The second-order valence-corrected chi connectivity index (χ2v) is 3.98. The van der Waals surface area contributed by atoms with E-state index in [4.69, 9.17) is 22.1 Å². The molecule has 1 aromatic rings. The van der Waals surface area contributed by atoms with Gasteiger partial charge in [0.25, 0.3) is 0 Å². The lowest BCUT2D eigenvalue weighted by Crippen LogP contribution is -2.31. The molecule has 0 radical (unpaired) electrons. The molecule has 0 amide bonds. The standard InChI is InChI=1S/C12H15ClFNO3.ClH/c1-3-18-12(16)10(14)11(15)7-4-5-8(13)9(6-7)17-2;/h4-6,10-11H,3,15H2,1-2H3;1H/t10?,11-;/m0./s1. The Morgan fingerprint density at radius 3 is 2.68 bits per heavy atom. The number of benzene rings is 1. The van der Waals surface area contributed by atoms with Gasteiger partial charge in [-0.3, -0.25) is 0 Å². The molecule has 19 heavy (non-hydrogen) atoms. The van der Waals surface area contributed by atoms with Crippen LogP contribution in [0.1, 0.15) is 18.5 Å². The molecule has 0 aromatic heterocycles. The first kappa shape index (κ1) is 18.0. The van der Waals surface area contributed by atoms with Gasteiger partial charge in [0.1, 0.15) is 5.75 Å². The van der Waals surface area contributed by atoms with Crippen molar-refractivity contribution < 1.29 is 18.7 Å². The molecule has 0 bridgehead atoms. The second-order valence-electron chi connectivity index (χ2n) is 3.57. The zero-order chi connectivity index (χ0) is 13.7. The smallest absolute Gasteiger partial charge is 0.342 e. The molecule has 4 nitrogen and oxygen atoms in total. The van der Waals surface area contributed by atoms with Crippen LogP contribution in [-0.2, 0) is 9.53 Å². The molecule has 0 aliphatic carbocycles. The maximum absolute atomic E-state index is 13.7. The number of hydrogen-bond donors (Lipinski definition) is 1. The number of hydrogen-bond acceptors (Lipinski definition) is 4. The molecule has 7 heteroatoms. The van der Waals surface area contributed by atoms with Crippen molar-refractivity contribution in [2.75, 3.05) is 13.7 Å². The Bertz CT molecular complexity index is 431. The van der Waals surface area contributed by atoms with Crippen LogP contribution >= 0.6 is 24.0 Å². The second kappa shape index (κ2) is 8.19. The highest BCUT2D eigenvalue weighted by atomic mass is 35.5. The van der Waals surface area contributed by atoms with Crippen LogP contribution in [-0.4, -0.2) is 25.9 Å². The summed E-state index contributed by atoms with van der Waals surface area (Å²) in [5.74, 6) is -0.598. The number of esters is 1. The van der Waals surface area contributed by atoms with Crippen molar-refractivity contribution in [3.63, 3.8) is 0 Å². The van der Waals surface area contributed by atoms with Gasteiger partial charge in [0, 0.05) is 0 Å². The quantitative estimate of drug-likeness (QED) is 0.849. The predicted molar refractivity (Wildman–Crippen MR) is 73.7 cm³/mol. The summed E-state index contributed by atoms with van der Waals surface area (Å²) >= 11 is 5.84. The number of nitrogens with two attached hydrogens (primary N) is 1. The van der Waals surface area contributed by atoms with Crippen molar-refractivity contribution in [2.45, 2.75) is 19.1 Å². The highest BCUT2D eigenvalue weighted by Gasteiger charge is 2.28. The molecule has 1 rings (SSSR count). The molecule has 0 saturated carbocycles. The normalized spacial score (nSPS) is 13.1. The van der Waals surface area contributed by atoms with E-state index in [0.29, 0.717) is 16.3 Å². The molecule has 2 atom stereocenters. The largest absolute Gasteiger partial charge is 0.495 e. The van der Waals surface area contributed by atoms with Crippen LogP contribution in [0.5, 0.6) is 5.75 Å². The maximum Gasteiger partial charge on any atom is 0.342 e. The number of halogens is 3. The first-order valence-corrected chi connectivity index (χ1v) is 5.78. The lowest BCUT2D eigenvalue weighted by molar-refractivity contribution is -0.149. The Kier molecular flexibility index (Phi) is 7.75. The Labute approximate surface area is 122 Å². The van der Waals surface area contributed by atoms with Gasteiger partial charge >= 0.3 is 5.97 Å². The fourth-order valence-electron chi connectivity index (χ4n) is 1.42. The monoisotopic (exact) mass is 311 g/mol. The van der Waals surface area contributed by atoms with Crippen molar-refractivity contribution in [1.82, 2.24) is 0 Å². The number of alkyl halides is 1. The molecule has 1 aromatic carbocycles. The third-order valence-corrected chi connectivity index (χ3v) is 2.70. The Morgan fingerprint density at radius 2 is 2.16 bits per heavy atom. The summed E-state index contributed by atoms with van der Waals surface area (Å²) in [6, 6.07) is 3.46. The summed E-state index contributed by atoms with van der Waals surface area (Å²) in [6.07, 6.45) is -1.92. The summed E-state index contributed by atoms with van der Waals surface area (Å²) in [7, 11) is 1.44. The molecule has 0 fully saturated rings. The van der Waals surface area contributed by atoms with E-state index in [1.807, 2.05) is 0 Å². The fraction of sp³-hybridized carbons (Fsp3) is 0.417. The summed E-state index contributed by atoms with van der Waals surface area (Å²) in [5.41, 5.74) is 6.08. The highest BCUT2D eigenvalue weighted by Crippen LogP contribution is 2.28. The SMILES string of the molecule is CCOC(=O)C(F)[C@@H](N)c1ccc(Cl)c(OC)c1.Cl. The van der Waals surface area contributed by atoms with E-state index in [1.54, 1.807) is 13.0 Å². The third kappa shape index (κ3) is 4.53. The van der Waals surface area contributed by atoms with E-state index in [2.05, 4.69) is 4.74 Å². The van der Waals surface area contributed by atoms with Gasteiger partial charge < -0.3 is 15.2 Å². The number of carbonyl (C=O) groups is 1. The Morgan fingerprint density at radius 1 is 1.53 bits per heavy atom. The number of methoxy groups -OCH3 is 1. The lowest BCUT2D eigenvalue weighted by Gasteiger charge is -2.16. The van der Waals surface area contributed by atoms with Gasteiger partial charge in [-0.1, -0.05) is 17.7 Å². The summed E-state index contributed by atoms with van der Waals surface area (Å²) < 4.78 is 23.3. The lowest BCUT2D eigenvalue weighted by atomic mass is 10.0. The van der Waals surface area contributed by atoms with Crippen LogP contribution in [0.15, 0.2) is 18.2 Å². The molecule has 108 valence electrons. The van der Waals surface area contributed by atoms with Gasteiger partial charge in [0.2, 0.25) is 6.17 Å². The third-order valence-electron chi connectivity index (χ3n) is 2.39. The zero-order valence-electron chi connectivity index (χ0n) is 10.6. The van der Waals surface area contributed by atoms with E-state index in [0.717, 1.165) is 0 Å². The maximum atomic E-state index is 13.7. The molecular weight excluding hydrogens is 296 g/mol. The summed E-state index contributed by atoms with van der Waals surface area (Å²) in [5, 5.41) is 0.389. The van der Waals surface area contributed by atoms with Gasteiger partial charge in [0.15, 0.2) is 0 Å². The van der Waals surface area contributed by atoms with Gasteiger partial charge in [-0.15, -0.1) is 12.4 Å². The number of rotatable bonds is 5. The van der Waals surface area contributed by atoms with Crippen LogP contribution in [0.2, 0.25) is 5.02 Å². The van der Waals surface area contributed by atoms with Crippen molar-refractivity contribution in [3.8, 4) is 5.75 Å². The van der Waals surface area contributed by atoms with Gasteiger partial charge in [-0.05, 0) is 24.6 Å². The first-order valence-electron chi connectivity index (χ1n) is 5.41. The van der Waals surface area contributed by atoms with Crippen LogP contribution in [0.4, 0.5) is 4.39 Å². The van der Waals surface area contributed by atoms with E-state index in [-0.39, 0.29) is 19.0 Å². The van der Waals surface area contributed by atoms with Crippen LogP contribution in [0.3, 0.4) is 0 Å². The van der Waals surface area contributed by atoms with Crippen LogP contribution in [0, 0.1) is 0 Å². The van der Waals surface area contributed by atoms with Crippen molar-refractivity contribution in [3.05, 3.63) is 28.8 Å². The fourth-order valence-corrected chi connectivity index (χ4v) is 1.62. The molecule has 0 heterocycles. The topological polar surface area (TPSA) is 61.5 Å². The molecule has 0 aliphatic heterocycles. The van der Waals surface area contributed by atoms with Gasteiger partial charge in [-0.25, -0.2) is 9.18 Å². The van der Waals surface area contributed by atoms with E-state index in [1.165, 1.54) is 19.2 Å². The minimum atomic E-state index is -1.92. The van der Waals surface area contributed by atoms with Crippen molar-refractivity contribution >= 4 is 30.0 Å². The Balaban J connectivity index is 0.00000324. The van der Waals surface area contributed by atoms with Gasteiger partial charge in [-0.2, -0.15) is 0 Å². The summed E-state index contributed by atoms with van der Waals surface area (Å²) in [4.78, 5) is 11.2. The molecule has 1 unspecified atom stereocenters. The average molecular weight is 312 g/mol. The molecule has 0 saturated heterocycles. The molecule has 2 N–H and O–H groups in total. The number of carbonyl (C=O) groups excluding carboxylic acids is 1. The number of ether oxygens (including phenoxy) is 2. The molecule has 0 aliphatic rings. The Hall–Kier alpha value is -1.04. The van der Waals surface area contributed by atoms with Crippen molar-refractivity contribution in [1.29, 1.82) is 0 Å². The van der Waals surface area contributed by atoms with Crippen molar-refractivity contribution in [2.24, 2.45) is 5.73 Å². The van der Waals surface area contributed by atoms with Gasteiger partial charge in [0.05, 0.1) is 24.8 Å². The molecular formula is C12H16Cl2FNO3. The summed E-state index contributed by atoms with van der Waals surface area (Å²) in [6.45, 7) is 1.71. The predicted octanol–water partition coefficient (Wildman–Crippen LogP) is 2.67. The van der Waals surface area contributed by atoms with E-state index >= 15 is 0 Å². The van der Waals surface area contributed by atoms with Crippen LogP contribution in [0.25, 0.3) is 0 Å². The van der Waals surface area contributed by atoms with E-state index < -0.39 is 18.2 Å². The van der Waals surface area contributed by atoms with E-state index in [9.17, 15) is 9.18 Å².